The van der Waals surface area contributed by atoms with Crippen molar-refractivity contribution >= 4 is 31.6 Å². The highest BCUT2D eigenvalue weighted by molar-refractivity contribution is 9.10. The number of sulfonamides is 1. The summed E-state index contributed by atoms with van der Waals surface area (Å²) in [7, 11) is -4.25. The summed E-state index contributed by atoms with van der Waals surface area (Å²) in [5.41, 5.74) is -0.191. The van der Waals surface area contributed by atoms with Gasteiger partial charge in [0.1, 0.15) is 16.5 Å². The Morgan fingerprint density at radius 2 is 1.90 bits per heavy atom. The van der Waals surface area contributed by atoms with Crippen molar-refractivity contribution in [3.05, 3.63) is 58.1 Å². The minimum Gasteiger partial charge on any atom is -0.392 e. The lowest BCUT2D eigenvalue weighted by Gasteiger charge is -2.11. The van der Waals surface area contributed by atoms with E-state index in [9.17, 15) is 17.2 Å². The number of aliphatic hydroxyl groups excluding tert-OH is 1. The monoisotopic (exact) mass is 377 g/mol. The third-order valence-electron chi connectivity index (χ3n) is 2.62. The number of rotatable bonds is 4. The molecule has 0 amide bonds. The van der Waals surface area contributed by atoms with Crippen LogP contribution in [0.5, 0.6) is 0 Å². The van der Waals surface area contributed by atoms with Crippen LogP contribution in [-0.2, 0) is 16.6 Å². The predicted molar refractivity (Wildman–Crippen MR) is 77.2 cm³/mol. The minimum absolute atomic E-state index is 0.0278. The number of hydrogen-bond donors (Lipinski definition) is 2. The Balaban J connectivity index is 2.47. The second kappa shape index (κ2) is 6.08. The Morgan fingerprint density at radius 1 is 1.19 bits per heavy atom. The van der Waals surface area contributed by atoms with E-state index in [0.717, 1.165) is 18.2 Å². The zero-order chi connectivity index (χ0) is 15.6. The summed E-state index contributed by atoms with van der Waals surface area (Å²) in [6.45, 7) is -0.645. The third-order valence-corrected chi connectivity index (χ3v) is 4.45. The topological polar surface area (TPSA) is 66.4 Å². The van der Waals surface area contributed by atoms with Gasteiger partial charge in [-0.3, -0.25) is 4.72 Å². The van der Waals surface area contributed by atoms with Crippen molar-refractivity contribution in [1.82, 2.24) is 0 Å². The molecule has 21 heavy (non-hydrogen) atoms. The number of anilines is 1. The quantitative estimate of drug-likeness (QED) is 0.860. The highest BCUT2D eigenvalue weighted by Gasteiger charge is 2.22. The highest BCUT2D eigenvalue weighted by atomic mass is 79.9. The molecule has 8 heteroatoms. The summed E-state index contributed by atoms with van der Waals surface area (Å²) < 4.78 is 53.9. The molecule has 0 radical (unpaired) electrons. The summed E-state index contributed by atoms with van der Waals surface area (Å²) in [5.74, 6) is -1.68. The van der Waals surface area contributed by atoms with Crippen molar-refractivity contribution in [1.29, 1.82) is 0 Å². The van der Waals surface area contributed by atoms with Crippen LogP contribution in [0.15, 0.2) is 45.8 Å². The number of hydrogen-bond acceptors (Lipinski definition) is 3. The predicted octanol–water partition coefficient (Wildman–Crippen LogP) is 3.02. The zero-order valence-electron chi connectivity index (χ0n) is 10.5. The van der Waals surface area contributed by atoms with Crippen molar-refractivity contribution in [2.24, 2.45) is 0 Å². The van der Waals surface area contributed by atoms with Crippen LogP contribution in [0.25, 0.3) is 0 Å². The average Bonchev–Trinajstić information content (AvgIpc) is 2.40. The van der Waals surface area contributed by atoms with Crippen LogP contribution in [0.2, 0.25) is 0 Å². The molecule has 112 valence electrons. The number of halogens is 3. The molecule has 0 atom stereocenters. The van der Waals surface area contributed by atoms with Crippen molar-refractivity contribution < 1.29 is 22.3 Å². The fraction of sp³-hybridized carbons (Fsp3) is 0.0769. The van der Waals surface area contributed by atoms with E-state index < -0.39 is 33.2 Å². The maximum absolute atomic E-state index is 14.1. The number of benzene rings is 2. The normalized spacial score (nSPS) is 11.4. The van der Waals surface area contributed by atoms with Gasteiger partial charge < -0.3 is 5.11 Å². The molecule has 2 N–H and O–H groups in total. The molecule has 2 aromatic carbocycles. The van der Waals surface area contributed by atoms with Gasteiger partial charge in [0.05, 0.1) is 12.3 Å². The van der Waals surface area contributed by atoms with Gasteiger partial charge >= 0.3 is 0 Å². The van der Waals surface area contributed by atoms with Gasteiger partial charge in [-0.25, -0.2) is 17.2 Å². The third kappa shape index (κ3) is 3.58. The summed E-state index contributed by atoms with van der Waals surface area (Å²) in [4.78, 5) is -0.634. The lowest BCUT2D eigenvalue weighted by Crippen LogP contribution is -2.15. The molecule has 4 nitrogen and oxygen atoms in total. The molecule has 0 aliphatic heterocycles. The molecular formula is C13H10BrF2NO3S. The summed E-state index contributed by atoms with van der Waals surface area (Å²) in [6, 6.07) is 7.13. The van der Waals surface area contributed by atoms with E-state index in [1.54, 1.807) is 0 Å². The van der Waals surface area contributed by atoms with Gasteiger partial charge in [0, 0.05) is 10.0 Å². The first-order valence-corrected chi connectivity index (χ1v) is 7.98. The molecule has 0 aliphatic rings. The van der Waals surface area contributed by atoms with E-state index in [0.29, 0.717) is 4.47 Å². The first-order valence-electron chi connectivity index (χ1n) is 5.70. The summed E-state index contributed by atoms with van der Waals surface area (Å²) in [6.07, 6.45) is 0. The first kappa shape index (κ1) is 15.9. The number of nitrogens with one attached hydrogen (secondary N) is 1. The Bertz CT molecular complexity index is 781. The van der Waals surface area contributed by atoms with E-state index in [4.69, 9.17) is 5.11 Å². The molecule has 0 fully saturated rings. The smallest absolute Gasteiger partial charge is 0.264 e. The van der Waals surface area contributed by atoms with Crippen molar-refractivity contribution in [2.45, 2.75) is 11.5 Å². The molecule has 2 rings (SSSR count). The molecule has 0 unspecified atom stereocenters. The van der Waals surface area contributed by atoms with E-state index >= 15 is 0 Å². The fourth-order valence-corrected chi connectivity index (χ4v) is 3.54. The molecule has 0 spiro atoms. The van der Waals surface area contributed by atoms with Crippen LogP contribution in [-0.4, -0.2) is 13.5 Å². The Morgan fingerprint density at radius 3 is 2.52 bits per heavy atom. The fourth-order valence-electron chi connectivity index (χ4n) is 1.69. The van der Waals surface area contributed by atoms with Gasteiger partial charge in [-0.05, 0) is 30.3 Å². The van der Waals surface area contributed by atoms with Crippen LogP contribution < -0.4 is 4.72 Å². The van der Waals surface area contributed by atoms with Crippen LogP contribution in [0.4, 0.5) is 14.5 Å². The van der Waals surface area contributed by atoms with Crippen LogP contribution in [0.1, 0.15) is 5.56 Å². The van der Waals surface area contributed by atoms with Gasteiger partial charge in [0.2, 0.25) is 0 Å². The Hall–Kier alpha value is -1.51. The minimum atomic E-state index is -4.25. The lowest BCUT2D eigenvalue weighted by molar-refractivity contribution is 0.274. The molecule has 0 aliphatic carbocycles. The van der Waals surface area contributed by atoms with Gasteiger partial charge in [-0.1, -0.05) is 22.0 Å². The van der Waals surface area contributed by atoms with Crippen molar-refractivity contribution in [2.75, 3.05) is 4.72 Å². The SMILES string of the molecule is O=S(=O)(Nc1cccc(F)c1)c1cc(Br)cc(CO)c1F. The van der Waals surface area contributed by atoms with E-state index in [-0.39, 0.29) is 11.3 Å². The van der Waals surface area contributed by atoms with Crippen LogP contribution in [0.3, 0.4) is 0 Å². The molecule has 0 aromatic heterocycles. The molecule has 0 bridgehead atoms. The second-order valence-corrected chi connectivity index (χ2v) is 6.72. The van der Waals surface area contributed by atoms with Crippen LogP contribution in [0, 0.1) is 11.6 Å². The van der Waals surface area contributed by atoms with Gasteiger partial charge in [0.15, 0.2) is 0 Å². The number of aliphatic hydroxyl groups is 1. The standard InChI is InChI=1S/C13H10BrF2NO3S/c14-9-4-8(7-18)13(16)12(5-9)21(19,20)17-11-3-1-2-10(15)6-11/h1-6,17-18H,7H2. The second-order valence-electron chi connectivity index (χ2n) is 4.15. The van der Waals surface area contributed by atoms with Crippen LogP contribution >= 0.6 is 15.9 Å². The van der Waals surface area contributed by atoms with E-state index in [1.807, 2.05) is 0 Å². The van der Waals surface area contributed by atoms with Crippen molar-refractivity contribution in [3.8, 4) is 0 Å². The average molecular weight is 378 g/mol. The maximum Gasteiger partial charge on any atom is 0.264 e. The molecule has 2 aromatic rings. The molecule has 0 heterocycles. The summed E-state index contributed by atoms with van der Waals surface area (Å²) in [5, 5.41) is 9.03. The lowest BCUT2D eigenvalue weighted by atomic mass is 10.2. The molecular weight excluding hydrogens is 368 g/mol. The summed E-state index contributed by atoms with van der Waals surface area (Å²) >= 11 is 3.05. The van der Waals surface area contributed by atoms with E-state index in [1.165, 1.54) is 18.2 Å². The van der Waals surface area contributed by atoms with Gasteiger partial charge in [-0.15, -0.1) is 0 Å². The largest absolute Gasteiger partial charge is 0.392 e. The van der Waals surface area contributed by atoms with Gasteiger partial charge in [-0.2, -0.15) is 0 Å². The molecule has 0 saturated carbocycles. The first-order chi connectivity index (χ1) is 9.83. The Kier molecular flexibility index (Phi) is 4.60. The molecule has 0 saturated heterocycles. The maximum atomic E-state index is 14.1. The highest BCUT2D eigenvalue weighted by Crippen LogP contribution is 2.26. The van der Waals surface area contributed by atoms with Crippen molar-refractivity contribution in [3.63, 3.8) is 0 Å². The Labute approximate surface area is 128 Å². The van der Waals surface area contributed by atoms with E-state index in [2.05, 4.69) is 20.7 Å². The zero-order valence-corrected chi connectivity index (χ0v) is 12.9. The van der Waals surface area contributed by atoms with Gasteiger partial charge in [0.25, 0.3) is 10.0 Å².